The monoisotopic (exact) mass is 464 g/mol. The summed E-state index contributed by atoms with van der Waals surface area (Å²) in [6.45, 7) is 5.62. The summed E-state index contributed by atoms with van der Waals surface area (Å²) in [5, 5.41) is 7.33. The van der Waals surface area contributed by atoms with Crippen molar-refractivity contribution in [2.45, 2.75) is 39.2 Å². The van der Waals surface area contributed by atoms with Crippen molar-refractivity contribution in [3.05, 3.63) is 51.7 Å². The standard InChI is InChI=1S/C22H26Cl2N4O3/c1-14(2)20(26-21(29)17-8-6-15(23)12-18(17)24)22(30)27-25-13-16-7-9-19(31-16)28-10-4-3-5-11-28/h6-9,12-14,20H,3-5,10-11H2,1-2H3,(H,26,29)(H,27,30). The number of rotatable bonds is 7. The highest BCUT2D eigenvalue weighted by atomic mass is 35.5. The highest BCUT2D eigenvalue weighted by Crippen LogP contribution is 2.22. The van der Waals surface area contributed by atoms with Crippen molar-refractivity contribution < 1.29 is 14.0 Å². The lowest BCUT2D eigenvalue weighted by Gasteiger charge is -2.25. The Hall–Kier alpha value is -2.51. The molecule has 2 N–H and O–H groups in total. The largest absolute Gasteiger partial charge is 0.440 e. The first kappa shape index (κ1) is 23.2. The van der Waals surface area contributed by atoms with Crippen LogP contribution < -0.4 is 15.6 Å². The molecule has 0 bridgehead atoms. The molecule has 2 heterocycles. The molecule has 1 aromatic carbocycles. The fraction of sp³-hybridized carbons (Fsp3) is 0.409. The second-order valence-corrected chi connectivity index (χ2v) is 8.62. The van der Waals surface area contributed by atoms with E-state index in [0.717, 1.165) is 31.8 Å². The van der Waals surface area contributed by atoms with Crippen molar-refractivity contribution in [1.82, 2.24) is 10.7 Å². The average molecular weight is 465 g/mol. The summed E-state index contributed by atoms with van der Waals surface area (Å²) in [5.74, 6) is 0.280. The van der Waals surface area contributed by atoms with Crippen LogP contribution in [0.1, 0.15) is 49.2 Å². The van der Waals surface area contributed by atoms with Gasteiger partial charge in [0.2, 0.25) is 0 Å². The molecule has 1 aliphatic rings. The Morgan fingerprint density at radius 2 is 1.87 bits per heavy atom. The van der Waals surface area contributed by atoms with Gasteiger partial charge in [-0.25, -0.2) is 5.43 Å². The number of carbonyl (C=O) groups excluding carboxylic acids is 2. The molecule has 1 unspecified atom stereocenters. The van der Waals surface area contributed by atoms with Crippen LogP contribution >= 0.6 is 23.2 Å². The number of amides is 2. The Morgan fingerprint density at radius 3 is 2.55 bits per heavy atom. The number of anilines is 1. The van der Waals surface area contributed by atoms with E-state index in [-0.39, 0.29) is 16.5 Å². The average Bonchev–Trinajstić information content (AvgIpc) is 3.21. The molecule has 1 atom stereocenters. The van der Waals surface area contributed by atoms with E-state index in [1.807, 2.05) is 26.0 Å². The number of furan rings is 1. The molecule has 3 rings (SSSR count). The van der Waals surface area contributed by atoms with Gasteiger partial charge in [-0.3, -0.25) is 9.59 Å². The van der Waals surface area contributed by atoms with E-state index in [4.69, 9.17) is 27.6 Å². The Labute approximate surface area is 191 Å². The van der Waals surface area contributed by atoms with Crippen LogP contribution in [-0.4, -0.2) is 37.2 Å². The third-order valence-corrected chi connectivity index (χ3v) is 5.61. The summed E-state index contributed by atoms with van der Waals surface area (Å²) in [5.41, 5.74) is 2.71. The number of carbonyl (C=O) groups is 2. The molecular formula is C22H26Cl2N4O3. The van der Waals surface area contributed by atoms with Crippen molar-refractivity contribution in [1.29, 1.82) is 0 Å². The topological polar surface area (TPSA) is 86.9 Å². The molecule has 166 valence electrons. The lowest BCUT2D eigenvalue weighted by atomic mass is 10.0. The van der Waals surface area contributed by atoms with Crippen molar-refractivity contribution in [2.24, 2.45) is 11.0 Å². The number of piperidine rings is 1. The summed E-state index contributed by atoms with van der Waals surface area (Å²) < 4.78 is 5.79. The number of hydrogen-bond acceptors (Lipinski definition) is 5. The second kappa shape index (κ2) is 10.7. The second-order valence-electron chi connectivity index (χ2n) is 7.78. The molecule has 1 aliphatic heterocycles. The summed E-state index contributed by atoms with van der Waals surface area (Å²) in [7, 11) is 0. The fourth-order valence-corrected chi connectivity index (χ4v) is 3.85. The van der Waals surface area contributed by atoms with Gasteiger partial charge in [0.1, 0.15) is 11.8 Å². The number of hydrazone groups is 1. The van der Waals surface area contributed by atoms with Crippen LogP contribution in [0.5, 0.6) is 0 Å². The normalized spacial score (nSPS) is 15.3. The fourth-order valence-electron chi connectivity index (χ4n) is 3.35. The molecular weight excluding hydrogens is 439 g/mol. The van der Waals surface area contributed by atoms with Crippen molar-refractivity contribution >= 4 is 47.1 Å². The van der Waals surface area contributed by atoms with Crippen molar-refractivity contribution in [2.75, 3.05) is 18.0 Å². The molecule has 31 heavy (non-hydrogen) atoms. The Bertz CT molecular complexity index is 952. The number of nitrogens with one attached hydrogen (secondary N) is 2. The van der Waals surface area contributed by atoms with Crippen LogP contribution in [0.4, 0.5) is 5.88 Å². The zero-order valence-corrected chi connectivity index (χ0v) is 19.0. The Morgan fingerprint density at radius 1 is 1.13 bits per heavy atom. The summed E-state index contributed by atoms with van der Waals surface area (Å²) in [6, 6.07) is 7.49. The molecule has 0 radical (unpaired) electrons. The maximum absolute atomic E-state index is 12.6. The van der Waals surface area contributed by atoms with Gasteiger partial charge in [0.05, 0.1) is 16.8 Å². The third-order valence-electron chi connectivity index (χ3n) is 5.06. The van der Waals surface area contributed by atoms with Gasteiger partial charge in [-0.1, -0.05) is 37.0 Å². The zero-order valence-electron chi connectivity index (χ0n) is 17.5. The first-order valence-electron chi connectivity index (χ1n) is 10.3. The Kier molecular flexibility index (Phi) is 7.98. The van der Waals surface area contributed by atoms with Gasteiger partial charge in [-0.15, -0.1) is 0 Å². The summed E-state index contributed by atoms with van der Waals surface area (Å²) in [6.07, 6.45) is 5.00. The minimum Gasteiger partial charge on any atom is -0.440 e. The van der Waals surface area contributed by atoms with Gasteiger partial charge in [-0.2, -0.15) is 5.10 Å². The highest BCUT2D eigenvalue weighted by molar-refractivity contribution is 6.36. The lowest BCUT2D eigenvalue weighted by Crippen LogP contribution is -2.48. The van der Waals surface area contributed by atoms with Gasteiger partial charge < -0.3 is 14.6 Å². The predicted octanol–water partition coefficient (Wildman–Crippen LogP) is 4.48. The first-order valence-corrected chi connectivity index (χ1v) is 11.0. The minimum atomic E-state index is -0.795. The molecule has 2 aromatic rings. The van der Waals surface area contributed by atoms with E-state index in [0.29, 0.717) is 10.8 Å². The van der Waals surface area contributed by atoms with Gasteiger partial charge >= 0.3 is 0 Å². The number of nitrogens with zero attached hydrogens (tertiary/aromatic N) is 2. The van der Waals surface area contributed by atoms with E-state index >= 15 is 0 Å². The van der Waals surface area contributed by atoms with E-state index in [1.165, 1.54) is 24.8 Å². The lowest BCUT2D eigenvalue weighted by molar-refractivity contribution is -0.123. The van der Waals surface area contributed by atoms with Crippen LogP contribution in [0.2, 0.25) is 10.0 Å². The molecule has 0 spiro atoms. The van der Waals surface area contributed by atoms with Gasteiger partial charge in [-0.05, 0) is 49.4 Å². The minimum absolute atomic E-state index is 0.167. The van der Waals surface area contributed by atoms with E-state index in [1.54, 1.807) is 6.07 Å². The molecule has 9 heteroatoms. The molecule has 0 saturated carbocycles. The van der Waals surface area contributed by atoms with Crippen LogP contribution in [-0.2, 0) is 4.79 Å². The van der Waals surface area contributed by atoms with Crippen LogP contribution in [0.3, 0.4) is 0 Å². The van der Waals surface area contributed by atoms with E-state index in [9.17, 15) is 9.59 Å². The smallest absolute Gasteiger partial charge is 0.262 e. The van der Waals surface area contributed by atoms with Crippen molar-refractivity contribution in [3.8, 4) is 0 Å². The molecule has 1 aromatic heterocycles. The van der Waals surface area contributed by atoms with Gasteiger partial charge in [0.15, 0.2) is 5.88 Å². The third kappa shape index (κ3) is 6.24. The molecule has 7 nitrogen and oxygen atoms in total. The van der Waals surface area contributed by atoms with E-state index in [2.05, 4.69) is 20.7 Å². The highest BCUT2D eigenvalue weighted by Gasteiger charge is 2.25. The molecule has 1 fully saturated rings. The number of hydrogen-bond donors (Lipinski definition) is 2. The Balaban J connectivity index is 1.59. The maximum Gasteiger partial charge on any atom is 0.262 e. The van der Waals surface area contributed by atoms with Crippen LogP contribution in [0.15, 0.2) is 39.9 Å². The van der Waals surface area contributed by atoms with Crippen LogP contribution in [0, 0.1) is 5.92 Å². The maximum atomic E-state index is 12.6. The summed E-state index contributed by atoms with van der Waals surface area (Å²) >= 11 is 12.0. The van der Waals surface area contributed by atoms with Gasteiger partial charge in [0, 0.05) is 24.2 Å². The SMILES string of the molecule is CC(C)C(NC(=O)c1ccc(Cl)cc1Cl)C(=O)NN=Cc1ccc(N2CCCCC2)o1. The number of benzene rings is 1. The summed E-state index contributed by atoms with van der Waals surface area (Å²) in [4.78, 5) is 27.4. The van der Waals surface area contributed by atoms with Crippen molar-refractivity contribution in [3.63, 3.8) is 0 Å². The molecule has 1 saturated heterocycles. The molecule has 0 aliphatic carbocycles. The predicted molar refractivity (Wildman–Crippen MR) is 123 cm³/mol. The first-order chi connectivity index (χ1) is 14.8. The number of halogens is 2. The van der Waals surface area contributed by atoms with Gasteiger partial charge in [0.25, 0.3) is 11.8 Å². The van der Waals surface area contributed by atoms with E-state index < -0.39 is 17.9 Å². The van der Waals surface area contributed by atoms with Crippen LogP contribution in [0.25, 0.3) is 0 Å². The molecule has 2 amide bonds. The quantitative estimate of drug-likeness (QED) is 0.466. The zero-order chi connectivity index (χ0) is 22.4.